The molecule has 0 spiro atoms. The monoisotopic (exact) mass is 952 g/mol. The highest BCUT2D eigenvalue weighted by Crippen LogP contribution is 2.57. The molecule has 0 bridgehead atoms. The number of hydrogen-bond donors (Lipinski definition) is 0. The minimum absolute atomic E-state index is 0.532. The van der Waals surface area contributed by atoms with Crippen LogP contribution in [0, 0.1) is 0 Å². The van der Waals surface area contributed by atoms with Crippen LogP contribution in [-0.4, -0.2) is 4.98 Å². The first-order valence-corrected chi connectivity index (χ1v) is 26.1. The van der Waals surface area contributed by atoms with E-state index in [2.05, 4.69) is 272 Å². The highest BCUT2D eigenvalue weighted by atomic mass is 32.1. The molecule has 13 aromatic rings. The van der Waals surface area contributed by atoms with E-state index in [1.807, 2.05) is 11.3 Å². The molecule has 1 aliphatic carbocycles. The fraction of sp³-hybridized carbons (Fsp3) is 0.0147. The van der Waals surface area contributed by atoms with Gasteiger partial charge < -0.3 is 4.90 Å². The molecule has 2 aromatic heterocycles. The molecule has 0 saturated heterocycles. The number of anilines is 3. The van der Waals surface area contributed by atoms with Gasteiger partial charge in [-0.3, -0.25) is 0 Å². The molecule has 1 aliphatic rings. The normalized spacial score (nSPS) is 12.6. The van der Waals surface area contributed by atoms with Crippen molar-refractivity contribution in [3.63, 3.8) is 0 Å². The van der Waals surface area contributed by atoms with Crippen LogP contribution in [0.3, 0.4) is 0 Å². The third kappa shape index (κ3) is 6.86. The van der Waals surface area contributed by atoms with E-state index in [4.69, 9.17) is 4.98 Å². The Hall–Kier alpha value is -8.67. The van der Waals surface area contributed by atoms with E-state index in [0.717, 1.165) is 37.8 Å². The Bertz CT molecular complexity index is 4080. The molecule has 72 heavy (non-hydrogen) atoms. The molecule has 0 N–H and O–H groups in total. The Morgan fingerprint density at radius 1 is 0.319 bits per heavy atom. The number of thiophene rings is 1. The van der Waals surface area contributed by atoms with Crippen molar-refractivity contribution >= 4 is 70.1 Å². The predicted octanol–water partition coefficient (Wildman–Crippen LogP) is 19.2. The summed E-state index contributed by atoms with van der Waals surface area (Å²) < 4.78 is 3.76. The topological polar surface area (TPSA) is 16.1 Å². The van der Waals surface area contributed by atoms with E-state index < -0.39 is 5.41 Å². The van der Waals surface area contributed by atoms with E-state index in [9.17, 15) is 0 Å². The smallest absolute Gasteiger partial charge is 0.124 e. The molecular weight excluding hydrogens is 909 g/mol. The first kappa shape index (κ1) is 42.2. The molecule has 0 radical (unpaired) electrons. The maximum atomic E-state index is 5.20. The number of hydrogen-bond acceptors (Lipinski definition) is 4. The lowest BCUT2D eigenvalue weighted by Crippen LogP contribution is -2.28. The third-order valence-electron chi connectivity index (χ3n) is 14.6. The molecule has 0 unspecified atom stereocenters. The zero-order valence-electron chi connectivity index (χ0n) is 39.1. The van der Waals surface area contributed by atoms with Crippen molar-refractivity contribution in [2.75, 3.05) is 4.90 Å². The van der Waals surface area contributed by atoms with E-state index >= 15 is 0 Å². The van der Waals surface area contributed by atoms with Gasteiger partial charge in [-0.05, 0) is 109 Å². The van der Waals surface area contributed by atoms with Crippen molar-refractivity contribution in [3.8, 4) is 55.1 Å². The average Bonchev–Trinajstić information content (AvgIpc) is 4.15. The Morgan fingerprint density at radius 3 is 1.44 bits per heavy atom. The van der Waals surface area contributed by atoms with Crippen LogP contribution in [0.5, 0.6) is 0 Å². The van der Waals surface area contributed by atoms with Crippen LogP contribution >= 0.6 is 22.7 Å². The summed E-state index contributed by atoms with van der Waals surface area (Å²) in [5.74, 6) is 0. The van der Waals surface area contributed by atoms with Crippen molar-refractivity contribution in [1.82, 2.24) is 4.98 Å². The molecule has 0 fully saturated rings. The van der Waals surface area contributed by atoms with E-state index in [0.29, 0.717) is 0 Å². The number of benzene rings is 11. The van der Waals surface area contributed by atoms with Crippen molar-refractivity contribution in [2.45, 2.75) is 5.41 Å². The molecule has 2 nitrogen and oxygen atoms in total. The van der Waals surface area contributed by atoms with Gasteiger partial charge in [0.1, 0.15) is 5.01 Å². The van der Waals surface area contributed by atoms with Gasteiger partial charge in [-0.2, -0.15) is 0 Å². The van der Waals surface area contributed by atoms with Crippen LogP contribution in [0.2, 0.25) is 0 Å². The van der Waals surface area contributed by atoms with Crippen LogP contribution in [0.1, 0.15) is 22.3 Å². The van der Waals surface area contributed by atoms with Crippen molar-refractivity contribution in [2.24, 2.45) is 0 Å². The average molecular weight is 953 g/mol. The second-order valence-electron chi connectivity index (χ2n) is 18.6. The molecule has 14 rings (SSSR count). The molecule has 2 heterocycles. The van der Waals surface area contributed by atoms with E-state index in [-0.39, 0.29) is 0 Å². The highest BCUT2D eigenvalue weighted by Gasteiger charge is 2.46. The summed E-state index contributed by atoms with van der Waals surface area (Å²) in [5, 5.41) is 3.60. The summed E-state index contributed by atoms with van der Waals surface area (Å²) >= 11 is 3.64. The number of aromatic nitrogens is 1. The zero-order chi connectivity index (χ0) is 47.6. The first-order chi connectivity index (χ1) is 35.7. The number of fused-ring (bicyclic) bond motifs is 7. The maximum Gasteiger partial charge on any atom is 0.124 e. The predicted molar refractivity (Wildman–Crippen MR) is 306 cm³/mol. The number of nitrogens with zero attached hydrogens (tertiary/aromatic N) is 2. The number of thiazole rings is 1. The molecular formula is C68H44N2S2. The number of rotatable bonds is 9. The van der Waals surface area contributed by atoms with Gasteiger partial charge in [0.05, 0.1) is 15.6 Å². The van der Waals surface area contributed by atoms with E-state index in [1.54, 1.807) is 11.3 Å². The molecule has 338 valence electrons. The van der Waals surface area contributed by atoms with Gasteiger partial charge in [-0.15, -0.1) is 22.7 Å². The summed E-state index contributed by atoms with van der Waals surface area (Å²) in [4.78, 5) is 7.63. The third-order valence-corrected chi connectivity index (χ3v) is 17.0. The zero-order valence-corrected chi connectivity index (χ0v) is 40.7. The lowest BCUT2D eigenvalue weighted by Gasteiger charge is -2.35. The molecule has 0 atom stereocenters. The lowest BCUT2D eigenvalue weighted by atomic mass is 9.67. The Kier molecular flexibility index (Phi) is 10.2. The van der Waals surface area contributed by atoms with Gasteiger partial charge in [0.15, 0.2) is 0 Å². The Labute approximate surface area is 427 Å². The van der Waals surface area contributed by atoms with Crippen molar-refractivity contribution in [3.05, 3.63) is 289 Å². The fourth-order valence-electron chi connectivity index (χ4n) is 11.3. The second-order valence-corrected chi connectivity index (χ2v) is 20.6. The van der Waals surface area contributed by atoms with Crippen molar-refractivity contribution in [1.29, 1.82) is 0 Å². The van der Waals surface area contributed by atoms with Crippen LogP contribution in [0.25, 0.3) is 85.5 Å². The summed E-state index contributed by atoms with van der Waals surface area (Å²) in [6, 6.07) is 97.9. The summed E-state index contributed by atoms with van der Waals surface area (Å²) in [7, 11) is 0. The largest absolute Gasteiger partial charge is 0.310 e. The Morgan fingerprint density at radius 2 is 0.792 bits per heavy atom. The quantitative estimate of drug-likeness (QED) is 0.143. The molecule has 4 heteroatoms. The summed E-state index contributed by atoms with van der Waals surface area (Å²) in [6.45, 7) is 0. The lowest BCUT2D eigenvalue weighted by molar-refractivity contribution is 0.768. The van der Waals surface area contributed by atoms with Gasteiger partial charge >= 0.3 is 0 Å². The molecule has 0 saturated carbocycles. The SMILES string of the molecule is c1ccc(-c2ccc(-c3nc4ccc(N(c5ccc(-c6cccc7c6sc6c(-c8ccccc8)cccc67)cc5)c5ccc6c(c5)C(c5ccccc5)(c5ccccc5)c5ccccc5-6)cc4s3)cc2)cc1. The molecule has 11 aromatic carbocycles. The van der Waals surface area contributed by atoms with Gasteiger partial charge in [0.2, 0.25) is 0 Å². The Balaban J connectivity index is 0.925. The van der Waals surface area contributed by atoms with Gasteiger partial charge in [-0.25, -0.2) is 4.98 Å². The van der Waals surface area contributed by atoms with Crippen LogP contribution in [-0.2, 0) is 5.41 Å². The van der Waals surface area contributed by atoms with Crippen LogP contribution in [0.4, 0.5) is 17.1 Å². The van der Waals surface area contributed by atoms with Crippen molar-refractivity contribution < 1.29 is 0 Å². The van der Waals surface area contributed by atoms with Crippen LogP contribution in [0.15, 0.2) is 267 Å². The second kappa shape index (κ2) is 17.3. The molecule has 0 aliphatic heterocycles. The maximum absolute atomic E-state index is 5.20. The summed E-state index contributed by atoms with van der Waals surface area (Å²) in [6.07, 6.45) is 0. The van der Waals surface area contributed by atoms with E-state index in [1.165, 1.54) is 86.9 Å². The highest BCUT2D eigenvalue weighted by molar-refractivity contribution is 7.27. The van der Waals surface area contributed by atoms with Crippen LogP contribution < -0.4 is 4.90 Å². The van der Waals surface area contributed by atoms with Gasteiger partial charge in [0.25, 0.3) is 0 Å². The van der Waals surface area contributed by atoms with Gasteiger partial charge in [0, 0.05) is 42.8 Å². The standard InChI is InChI=1S/C68H44N2S2/c1-5-17-45(18-6-1)46-31-33-49(34-32-46)67-69-63-42-40-54(44-64(63)71-67)70(52-37-35-48(36-38-52)56-27-16-29-60-59-28-15-26-55(65(59)72-66(56)60)47-19-7-2-8-20-47)53-39-41-58-57-25-13-14-30-61(57)68(62(58)43-53,50-21-9-3-10-22-50)51-23-11-4-12-24-51/h1-44H. The van der Waals surface area contributed by atoms with Gasteiger partial charge in [-0.1, -0.05) is 224 Å². The molecule has 0 amide bonds. The minimum atomic E-state index is -0.532. The summed E-state index contributed by atoms with van der Waals surface area (Å²) in [5.41, 5.74) is 19.8. The minimum Gasteiger partial charge on any atom is -0.310 e. The first-order valence-electron chi connectivity index (χ1n) is 24.5. The fourth-order valence-corrected chi connectivity index (χ4v) is 13.7.